The van der Waals surface area contributed by atoms with Crippen LogP contribution in [0.1, 0.15) is 40.7 Å². The third-order valence-electron chi connectivity index (χ3n) is 8.80. The van der Waals surface area contributed by atoms with E-state index in [0.29, 0.717) is 74.9 Å². The number of hydrogen-bond donors (Lipinski definition) is 0. The Kier molecular flexibility index (Phi) is 9.86. The Balaban J connectivity index is 1.30. The van der Waals surface area contributed by atoms with Gasteiger partial charge in [-0.1, -0.05) is 54.6 Å². The zero-order chi connectivity index (χ0) is 32.0. The Morgan fingerprint density at radius 2 is 1.51 bits per heavy atom. The highest BCUT2D eigenvalue weighted by atomic mass is 19.4. The molecule has 1 amide bonds. The molecule has 1 atom stereocenters. The maximum absolute atomic E-state index is 13.5. The molecule has 0 radical (unpaired) electrons. The number of benzene rings is 3. The third-order valence-corrected chi connectivity index (χ3v) is 8.80. The van der Waals surface area contributed by atoms with Crippen LogP contribution in [0.2, 0.25) is 0 Å². The number of nitrogens with zero attached hydrogens (tertiary/aromatic N) is 2. The lowest BCUT2D eigenvalue weighted by Crippen LogP contribution is -2.57. The highest BCUT2D eigenvalue weighted by molar-refractivity contribution is 5.98. The Morgan fingerprint density at radius 3 is 2.20 bits per heavy atom. The minimum Gasteiger partial charge on any atom is -0.493 e. The van der Waals surface area contributed by atoms with Crippen LogP contribution >= 0.6 is 0 Å². The molecule has 0 bridgehead atoms. The molecule has 45 heavy (non-hydrogen) atoms. The average Bonchev–Trinajstić information content (AvgIpc) is 3.05. The van der Waals surface area contributed by atoms with E-state index in [1.165, 1.54) is 14.2 Å². The van der Waals surface area contributed by atoms with E-state index < -0.39 is 23.7 Å². The van der Waals surface area contributed by atoms with Crippen molar-refractivity contribution in [1.82, 2.24) is 9.80 Å². The van der Waals surface area contributed by atoms with Crippen LogP contribution in [0.3, 0.4) is 0 Å². The molecular weight excluding hydrogens is 589 g/mol. The van der Waals surface area contributed by atoms with Gasteiger partial charge in [0.2, 0.25) is 0 Å². The topological polar surface area (TPSA) is 77.5 Å². The van der Waals surface area contributed by atoms with Crippen LogP contribution in [0.15, 0.2) is 72.8 Å². The van der Waals surface area contributed by atoms with Crippen molar-refractivity contribution in [2.45, 2.75) is 44.7 Å². The molecule has 2 heterocycles. The maximum Gasteiger partial charge on any atom is 0.490 e. The van der Waals surface area contributed by atoms with Gasteiger partial charge in [0.05, 0.1) is 19.8 Å². The van der Waals surface area contributed by atoms with Crippen LogP contribution in [-0.4, -0.2) is 74.4 Å². The van der Waals surface area contributed by atoms with Gasteiger partial charge in [0.25, 0.3) is 5.91 Å². The van der Waals surface area contributed by atoms with Crippen LogP contribution in [0, 0.1) is 5.41 Å². The summed E-state index contributed by atoms with van der Waals surface area (Å²) in [5.74, 6) is -1.02. The molecular formula is C34H37F3N2O6. The molecule has 8 nitrogen and oxygen atoms in total. The van der Waals surface area contributed by atoms with Crippen LogP contribution in [0.4, 0.5) is 13.2 Å². The molecule has 0 aliphatic carbocycles. The van der Waals surface area contributed by atoms with E-state index in [9.17, 15) is 22.8 Å². The molecule has 0 saturated carbocycles. The SMILES string of the molecule is COc1cccc(C(=O)N2CCC3(CCN(Cc4ccccc4OCc4ccccc4)CC3OC(=O)C(F)(F)F)CC2)c1OC. The third kappa shape index (κ3) is 7.36. The van der Waals surface area contributed by atoms with Crippen molar-refractivity contribution in [2.75, 3.05) is 40.4 Å². The van der Waals surface area contributed by atoms with Crippen LogP contribution in [0.5, 0.6) is 17.2 Å². The van der Waals surface area contributed by atoms with E-state index in [1.54, 1.807) is 23.1 Å². The Hall–Kier alpha value is -4.25. The molecule has 0 N–H and O–H groups in total. The summed E-state index contributed by atoms with van der Waals surface area (Å²) in [7, 11) is 2.95. The molecule has 2 aliphatic heterocycles. The predicted octanol–water partition coefficient (Wildman–Crippen LogP) is 5.89. The van der Waals surface area contributed by atoms with Gasteiger partial charge in [-0.3, -0.25) is 9.69 Å². The lowest BCUT2D eigenvalue weighted by Gasteiger charge is -2.51. The highest BCUT2D eigenvalue weighted by Crippen LogP contribution is 2.45. The number of alkyl halides is 3. The molecule has 2 aliphatic rings. The molecule has 1 spiro atoms. The first-order chi connectivity index (χ1) is 21.6. The summed E-state index contributed by atoms with van der Waals surface area (Å²) < 4.78 is 62.3. The molecule has 3 aromatic carbocycles. The minimum absolute atomic E-state index is 0.131. The smallest absolute Gasteiger partial charge is 0.490 e. The van der Waals surface area contributed by atoms with Crippen molar-refractivity contribution in [3.8, 4) is 17.2 Å². The van der Waals surface area contributed by atoms with Crippen molar-refractivity contribution in [1.29, 1.82) is 0 Å². The van der Waals surface area contributed by atoms with E-state index in [1.807, 2.05) is 59.5 Å². The number of hydrogen-bond acceptors (Lipinski definition) is 7. The molecule has 3 aromatic rings. The monoisotopic (exact) mass is 626 g/mol. The fourth-order valence-electron chi connectivity index (χ4n) is 6.27. The number of esters is 1. The number of likely N-dealkylation sites (tertiary alicyclic amines) is 2. The first kappa shape index (κ1) is 32.2. The van der Waals surface area contributed by atoms with Gasteiger partial charge in [0, 0.05) is 37.2 Å². The Labute approximate surface area is 260 Å². The number of para-hydroxylation sites is 2. The quantitative estimate of drug-likeness (QED) is 0.275. The predicted molar refractivity (Wildman–Crippen MR) is 160 cm³/mol. The van der Waals surface area contributed by atoms with Crippen molar-refractivity contribution in [3.05, 3.63) is 89.5 Å². The number of ether oxygens (including phenoxy) is 4. The standard InChI is InChI=1S/C34H37F3N2O6/c1-42-28-14-8-12-26(30(28)43-2)31(40)39-19-16-33(17-20-39)15-18-38(22-29(33)45-32(41)34(35,36)37)21-25-11-6-7-13-27(25)44-23-24-9-4-3-5-10-24/h3-14,29H,15-23H2,1-2H3. The highest BCUT2D eigenvalue weighted by Gasteiger charge is 2.51. The lowest BCUT2D eigenvalue weighted by atomic mass is 9.69. The second kappa shape index (κ2) is 13.8. The summed E-state index contributed by atoms with van der Waals surface area (Å²) in [6, 6.07) is 22.4. The van der Waals surface area contributed by atoms with Crippen LogP contribution in [0.25, 0.3) is 0 Å². The molecule has 5 rings (SSSR count). The van der Waals surface area contributed by atoms with Gasteiger partial charge in [-0.15, -0.1) is 0 Å². The fourth-order valence-corrected chi connectivity index (χ4v) is 6.27. The second-order valence-corrected chi connectivity index (χ2v) is 11.5. The average molecular weight is 627 g/mol. The zero-order valence-corrected chi connectivity index (χ0v) is 25.3. The maximum atomic E-state index is 13.5. The minimum atomic E-state index is -5.11. The van der Waals surface area contributed by atoms with Gasteiger partial charge in [0.1, 0.15) is 18.5 Å². The Morgan fingerprint density at radius 1 is 0.844 bits per heavy atom. The van der Waals surface area contributed by atoms with Gasteiger partial charge in [0.15, 0.2) is 11.5 Å². The van der Waals surface area contributed by atoms with Crippen LogP contribution in [-0.2, 0) is 22.7 Å². The summed E-state index contributed by atoms with van der Waals surface area (Å²) in [5.41, 5.74) is 1.55. The van der Waals surface area contributed by atoms with Gasteiger partial charge >= 0.3 is 12.1 Å². The Bertz CT molecular complexity index is 1470. The summed E-state index contributed by atoms with van der Waals surface area (Å²) in [6.45, 7) is 2.12. The van der Waals surface area contributed by atoms with E-state index in [0.717, 1.165) is 11.1 Å². The number of carbonyl (C=O) groups is 2. The molecule has 2 saturated heterocycles. The summed E-state index contributed by atoms with van der Waals surface area (Å²) in [6.07, 6.45) is -4.81. The molecule has 0 aromatic heterocycles. The number of rotatable bonds is 9. The number of piperidine rings is 2. The number of methoxy groups -OCH3 is 2. The van der Waals surface area contributed by atoms with Gasteiger partial charge in [-0.2, -0.15) is 13.2 Å². The first-order valence-electron chi connectivity index (χ1n) is 14.9. The largest absolute Gasteiger partial charge is 0.493 e. The first-order valence-corrected chi connectivity index (χ1v) is 14.9. The summed E-state index contributed by atoms with van der Waals surface area (Å²) in [4.78, 5) is 29.3. The normalized spacial score (nSPS) is 18.3. The molecule has 11 heteroatoms. The van der Waals surface area contributed by atoms with Crippen molar-refractivity contribution in [2.24, 2.45) is 5.41 Å². The van der Waals surface area contributed by atoms with E-state index in [-0.39, 0.29) is 12.5 Å². The van der Waals surface area contributed by atoms with Crippen molar-refractivity contribution in [3.63, 3.8) is 0 Å². The van der Waals surface area contributed by atoms with Gasteiger partial charge < -0.3 is 23.8 Å². The fraction of sp³-hybridized carbons (Fsp3) is 0.412. The molecule has 1 unspecified atom stereocenters. The van der Waals surface area contributed by atoms with Gasteiger partial charge in [-0.05, 0) is 49.6 Å². The lowest BCUT2D eigenvalue weighted by molar-refractivity contribution is -0.216. The van der Waals surface area contributed by atoms with Crippen molar-refractivity contribution >= 4 is 11.9 Å². The number of amides is 1. The van der Waals surface area contributed by atoms with E-state index in [2.05, 4.69) is 0 Å². The molecule has 240 valence electrons. The number of carbonyl (C=O) groups excluding carboxylic acids is 2. The molecule has 2 fully saturated rings. The number of halogens is 3. The van der Waals surface area contributed by atoms with Gasteiger partial charge in [-0.25, -0.2) is 4.79 Å². The summed E-state index contributed by atoms with van der Waals surface area (Å²) in [5, 5.41) is 0. The van der Waals surface area contributed by atoms with E-state index >= 15 is 0 Å². The van der Waals surface area contributed by atoms with E-state index in [4.69, 9.17) is 18.9 Å². The summed E-state index contributed by atoms with van der Waals surface area (Å²) >= 11 is 0. The zero-order valence-electron chi connectivity index (χ0n) is 25.3. The second-order valence-electron chi connectivity index (χ2n) is 11.5. The van der Waals surface area contributed by atoms with Crippen LogP contribution < -0.4 is 14.2 Å². The van der Waals surface area contributed by atoms with Crippen molar-refractivity contribution < 1.29 is 41.7 Å².